The van der Waals surface area contributed by atoms with Gasteiger partial charge in [0.05, 0.1) is 6.61 Å². The van der Waals surface area contributed by atoms with E-state index in [9.17, 15) is 4.79 Å². The number of carbonyl (C=O) groups is 1. The second-order valence-electron chi connectivity index (χ2n) is 4.05. The fraction of sp³-hybridized carbons (Fsp3) is 0.462. The predicted octanol–water partition coefficient (Wildman–Crippen LogP) is 3.42. The molecule has 0 N–H and O–H groups in total. The van der Waals surface area contributed by atoms with Crippen molar-refractivity contribution in [2.75, 3.05) is 6.61 Å². The number of ether oxygens (including phenoxy) is 2. The van der Waals surface area contributed by atoms with Gasteiger partial charge in [-0.05, 0) is 30.0 Å². The minimum atomic E-state index is -0.641. The summed E-state index contributed by atoms with van der Waals surface area (Å²) in [5.41, 5.74) is 1.21. The minimum Gasteiger partial charge on any atom is -0.434 e. The SMILES string of the molecule is CCc1ccc(OC(=O)OCC(C)C)cc1. The highest BCUT2D eigenvalue weighted by Gasteiger charge is 2.06. The number of hydrogen-bond acceptors (Lipinski definition) is 3. The van der Waals surface area contributed by atoms with E-state index in [2.05, 4.69) is 6.92 Å². The van der Waals surface area contributed by atoms with E-state index in [1.165, 1.54) is 5.56 Å². The molecule has 3 heteroatoms. The van der Waals surface area contributed by atoms with E-state index in [0.717, 1.165) is 6.42 Å². The average molecular weight is 222 g/mol. The zero-order valence-corrected chi connectivity index (χ0v) is 10.0. The molecule has 0 atom stereocenters. The van der Waals surface area contributed by atoms with Crippen molar-refractivity contribution in [1.29, 1.82) is 0 Å². The molecule has 0 aliphatic heterocycles. The van der Waals surface area contributed by atoms with Crippen molar-refractivity contribution < 1.29 is 14.3 Å². The highest BCUT2D eigenvalue weighted by molar-refractivity contribution is 5.63. The summed E-state index contributed by atoms with van der Waals surface area (Å²) in [4.78, 5) is 11.2. The molecule has 0 spiro atoms. The first-order valence-electron chi connectivity index (χ1n) is 5.55. The molecule has 0 radical (unpaired) electrons. The van der Waals surface area contributed by atoms with Crippen molar-refractivity contribution >= 4 is 6.16 Å². The van der Waals surface area contributed by atoms with Gasteiger partial charge in [-0.15, -0.1) is 0 Å². The maximum absolute atomic E-state index is 11.2. The first-order chi connectivity index (χ1) is 7.61. The second kappa shape index (κ2) is 6.16. The predicted molar refractivity (Wildman–Crippen MR) is 62.6 cm³/mol. The summed E-state index contributed by atoms with van der Waals surface area (Å²) >= 11 is 0. The summed E-state index contributed by atoms with van der Waals surface area (Å²) < 4.78 is 9.91. The van der Waals surface area contributed by atoms with Gasteiger partial charge >= 0.3 is 6.16 Å². The van der Waals surface area contributed by atoms with Crippen LogP contribution in [0.15, 0.2) is 24.3 Å². The minimum absolute atomic E-state index is 0.315. The Morgan fingerprint density at radius 1 is 1.25 bits per heavy atom. The van der Waals surface area contributed by atoms with Gasteiger partial charge in [0, 0.05) is 0 Å². The van der Waals surface area contributed by atoms with Crippen LogP contribution in [0.25, 0.3) is 0 Å². The van der Waals surface area contributed by atoms with Crippen LogP contribution in [-0.4, -0.2) is 12.8 Å². The topological polar surface area (TPSA) is 35.5 Å². The van der Waals surface area contributed by atoms with Crippen LogP contribution in [-0.2, 0) is 11.2 Å². The number of benzene rings is 1. The molecule has 16 heavy (non-hydrogen) atoms. The van der Waals surface area contributed by atoms with Gasteiger partial charge in [-0.1, -0.05) is 32.9 Å². The maximum Gasteiger partial charge on any atom is 0.513 e. The Hall–Kier alpha value is -1.51. The van der Waals surface area contributed by atoms with Gasteiger partial charge in [0.25, 0.3) is 0 Å². The first-order valence-corrected chi connectivity index (χ1v) is 5.55. The van der Waals surface area contributed by atoms with Crippen LogP contribution in [0.2, 0.25) is 0 Å². The fourth-order valence-electron chi connectivity index (χ4n) is 1.15. The summed E-state index contributed by atoms with van der Waals surface area (Å²) in [6, 6.07) is 7.42. The summed E-state index contributed by atoms with van der Waals surface area (Å²) in [6.45, 7) is 6.41. The van der Waals surface area contributed by atoms with E-state index >= 15 is 0 Å². The van der Waals surface area contributed by atoms with Crippen molar-refractivity contribution in [3.8, 4) is 5.75 Å². The van der Waals surface area contributed by atoms with Gasteiger partial charge in [-0.3, -0.25) is 0 Å². The third-order valence-corrected chi connectivity index (χ3v) is 2.07. The Kier molecular flexibility index (Phi) is 4.83. The lowest BCUT2D eigenvalue weighted by Crippen LogP contribution is -2.14. The molecule has 0 aromatic heterocycles. The molecule has 1 aromatic rings. The quantitative estimate of drug-likeness (QED) is 0.578. The molecular formula is C13H18O3. The van der Waals surface area contributed by atoms with Crippen LogP contribution in [0.4, 0.5) is 4.79 Å². The fourth-order valence-corrected chi connectivity index (χ4v) is 1.15. The van der Waals surface area contributed by atoms with Gasteiger partial charge in [0.1, 0.15) is 5.75 Å². The normalized spacial score (nSPS) is 10.2. The van der Waals surface area contributed by atoms with Crippen LogP contribution in [0.1, 0.15) is 26.3 Å². The highest BCUT2D eigenvalue weighted by atomic mass is 16.7. The van der Waals surface area contributed by atoms with Crippen molar-refractivity contribution in [2.45, 2.75) is 27.2 Å². The molecule has 1 rings (SSSR count). The smallest absolute Gasteiger partial charge is 0.434 e. The Bertz CT molecular complexity index is 328. The average Bonchev–Trinajstić information content (AvgIpc) is 2.27. The van der Waals surface area contributed by atoms with Gasteiger partial charge in [-0.2, -0.15) is 0 Å². The van der Waals surface area contributed by atoms with Crippen LogP contribution in [0.5, 0.6) is 5.75 Å². The number of aryl methyl sites for hydroxylation is 1. The molecular weight excluding hydrogens is 204 g/mol. The van der Waals surface area contributed by atoms with Crippen molar-refractivity contribution in [3.05, 3.63) is 29.8 Å². The molecule has 0 aliphatic carbocycles. The molecule has 0 bridgehead atoms. The molecule has 0 saturated carbocycles. The van der Waals surface area contributed by atoms with E-state index in [1.54, 1.807) is 12.1 Å². The zero-order chi connectivity index (χ0) is 12.0. The molecule has 0 amide bonds. The summed E-state index contributed by atoms with van der Waals surface area (Å²) in [5, 5.41) is 0. The Morgan fingerprint density at radius 2 is 1.88 bits per heavy atom. The van der Waals surface area contributed by atoms with Crippen LogP contribution in [0.3, 0.4) is 0 Å². The highest BCUT2D eigenvalue weighted by Crippen LogP contribution is 2.13. The molecule has 0 heterocycles. The lowest BCUT2D eigenvalue weighted by atomic mass is 10.2. The van der Waals surface area contributed by atoms with Gasteiger partial charge in [0.15, 0.2) is 0 Å². The van der Waals surface area contributed by atoms with E-state index in [1.807, 2.05) is 26.0 Å². The van der Waals surface area contributed by atoms with Gasteiger partial charge in [0.2, 0.25) is 0 Å². The first kappa shape index (κ1) is 12.6. The van der Waals surface area contributed by atoms with E-state index in [-0.39, 0.29) is 0 Å². The molecule has 88 valence electrons. The third-order valence-electron chi connectivity index (χ3n) is 2.07. The number of rotatable bonds is 4. The second-order valence-corrected chi connectivity index (χ2v) is 4.05. The van der Waals surface area contributed by atoms with E-state index < -0.39 is 6.16 Å². The monoisotopic (exact) mass is 222 g/mol. The molecule has 3 nitrogen and oxygen atoms in total. The molecule has 0 fully saturated rings. The molecule has 1 aromatic carbocycles. The van der Waals surface area contributed by atoms with Crippen molar-refractivity contribution in [3.63, 3.8) is 0 Å². The third kappa shape index (κ3) is 4.34. The standard InChI is InChI=1S/C13H18O3/c1-4-11-5-7-12(8-6-11)16-13(14)15-9-10(2)3/h5-8,10H,4,9H2,1-3H3. The van der Waals surface area contributed by atoms with Gasteiger partial charge in [-0.25, -0.2) is 4.79 Å². The van der Waals surface area contributed by atoms with Crippen molar-refractivity contribution in [1.82, 2.24) is 0 Å². The summed E-state index contributed by atoms with van der Waals surface area (Å²) in [7, 11) is 0. The Morgan fingerprint density at radius 3 is 2.38 bits per heavy atom. The van der Waals surface area contributed by atoms with Gasteiger partial charge < -0.3 is 9.47 Å². The molecule has 0 saturated heterocycles. The van der Waals surface area contributed by atoms with E-state index in [4.69, 9.17) is 9.47 Å². The Labute approximate surface area is 96.4 Å². The molecule has 0 aliphatic rings. The maximum atomic E-state index is 11.2. The van der Waals surface area contributed by atoms with Crippen LogP contribution >= 0.6 is 0 Å². The van der Waals surface area contributed by atoms with Crippen LogP contribution < -0.4 is 4.74 Å². The lowest BCUT2D eigenvalue weighted by Gasteiger charge is -2.07. The lowest BCUT2D eigenvalue weighted by molar-refractivity contribution is 0.0885. The summed E-state index contributed by atoms with van der Waals surface area (Å²) in [6.07, 6.45) is 0.330. The van der Waals surface area contributed by atoms with Crippen LogP contribution in [0, 0.1) is 5.92 Å². The number of carbonyl (C=O) groups excluding carboxylic acids is 1. The number of hydrogen-bond donors (Lipinski definition) is 0. The molecule has 0 unspecified atom stereocenters. The Balaban J connectivity index is 2.43. The zero-order valence-electron chi connectivity index (χ0n) is 10.0. The van der Waals surface area contributed by atoms with E-state index in [0.29, 0.717) is 18.3 Å². The summed E-state index contributed by atoms with van der Waals surface area (Å²) in [5.74, 6) is 0.834. The largest absolute Gasteiger partial charge is 0.513 e. The van der Waals surface area contributed by atoms with Crippen molar-refractivity contribution in [2.24, 2.45) is 5.92 Å².